The van der Waals surface area contributed by atoms with Crippen molar-refractivity contribution in [2.75, 3.05) is 53.8 Å². The molecule has 1 saturated heterocycles. The second-order valence-corrected chi connectivity index (χ2v) is 19.6. The fraction of sp³-hybridized carbons (Fsp3) is 0.611. The molecule has 0 aromatic heterocycles. The van der Waals surface area contributed by atoms with Crippen molar-refractivity contribution in [1.82, 2.24) is 10.2 Å². The summed E-state index contributed by atoms with van der Waals surface area (Å²) in [5.74, 6) is -1.13. The van der Waals surface area contributed by atoms with Crippen LogP contribution in [0, 0.1) is 20.2 Å². The average Bonchev–Trinajstić information content (AvgIpc) is 3.51. The van der Waals surface area contributed by atoms with Crippen molar-refractivity contribution in [2.24, 2.45) is 0 Å². The van der Waals surface area contributed by atoms with Crippen LogP contribution in [-0.4, -0.2) is 122 Å². The lowest BCUT2D eigenvalue weighted by atomic mass is 10.1. The van der Waals surface area contributed by atoms with Gasteiger partial charge in [0.05, 0.1) is 80.8 Å². The third-order valence-corrected chi connectivity index (χ3v) is 14.4. The number of β-amino-alcohol motifs (C(OH)–C–C–N with tert-alkyl or cyclic N) is 1. The third kappa shape index (κ3) is 11.7. The number of rotatable bonds is 21. The summed E-state index contributed by atoms with van der Waals surface area (Å²) in [6, 6.07) is 3.42. The van der Waals surface area contributed by atoms with Gasteiger partial charge in [0, 0.05) is 25.3 Å². The summed E-state index contributed by atoms with van der Waals surface area (Å²) < 4.78 is 28.7. The first-order chi connectivity index (χ1) is 25.9. The molecule has 0 unspecified atom stereocenters. The van der Waals surface area contributed by atoms with Gasteiger partial charge in [0.2, 0.25) is 0 Å². The van der Waals surface area contributed by atoms with Crippen molar-refractivity contribution >= 4 is 31.5 Å². The molecule has 1 aliphatic rings. The van der Waals surface area contributed by atoms with Crippen LogP contribution in [0.2, 0.25) is 18.1 Å². The van der Waals surface area contributed by atoms with E-state index in [2.05, 4.69) is 39.2 Å². The predicted molar refractivity (Wildman–Crippen MR) is 203 cm³/mol. The molecule has 4 N–H and O–H groups in total. The highest BCUT2D eigenvalue weighted by atomic mass is 28.4. The zero-order valence-electron chi connectivity index (χ0n) is 32.5. The van der Waals surface area contributed by atoms with Gasteiger partial charge in [-0.1, -0.05) is 20.8 Å². The minimum atomic E-state index is -2.17. The van der Waals surface area contributed by atoms with Gasteiger partial charge in [0.15, 0.2) is 31.3 Å². The highest BCUT2D eigenvalue weighted by Crippen LogP contribution is 2.39. The van der Waals surface area contributed by atoms with Gasteiger partial charge in [-0.3, -0.25) is 29.8 Å². The Morgan fingerprint density at radius 2 is 1.44 bits per heavy atom. The number of ether oxygens (including phenoxy) is 4. The lowest BCUT2D eigenvalue weighted by Gasteiger charge is -2.38. The summed E-state index contributed by atoms with van der Waals surface area (Å²) in [6.07, 6.45) is 1.08. The van der Waals surface area contributed by atoms with Crippen LogP contribution in [-0.2, 0) is 4.43 Å². The van der Waals surface area contributed by atoms with Gasteiger partial charge in [-0.2, -0.15) is 0 Å². The molecule has 3 rings (SSSR count). The SMILES string of the molecule is COc1cc(C(=O)N[C@H](CO)CCO)c([N+](=O)[O-])cc1OCCCCCOc1cc([N+](=O)[O-])c(C(=O)N2C[C@H](O)C[C@H]2CO[Si](C)(C)C(C)(C)C)cc1OC. The molecule has 2 aromatic carbocycles. The van der Waals surface area contributed by atoms with Crippen LogP contribution in [0.5, 0.6) is 23.0 Å². The summed E-state index contributed by atoms with van der Waals surface area (Å²) in [6.45, 7) is 10.2. The van der Waals surface area contributed by atoms with Crippen molar-refractivity contribution < 1.29 is 58.1 Å². The summed E-state index contributed by atoms with van der Waals surface area (Å²) in [7, 11) is 0.499. The molecule has 19 heteroatoms. The number of amides is 2. The molecule has 0 spiro atoms. The third-order valence-electron chi connectivity index (χ3n) is 9.87. The molecule has 2 amide bonds. The Morgan fingerprint density at radius 1 is 0.909 bits per heavy atom. The van der Waals surface area contributed by atoms with E-state index in [9.17, 15) is 40.0 Å². The number of unbranched alkanes of at least 4 members (excludes halogenated alkanes) is 2. The van der Waals surface area contributed by atoms with E-state index in [-0.39, 0.29) is 85.0 Å². The van der Waals surface area contributed by atoms with Crippen LogP contribution >= 0.6 is 0 Å². The average molecular weight is 795 g/mol. The van der Waals surface area contributed by atoms with Crippen molar-refractivity contribution in [3.8, 4) is 23.0 Å². The molecule has 1 heterocycles. The number of carbonyl (C=O) groups excluding carboxylic acids is 2. The van der Waals surface area contributed by atoms with Gasteiger partial charge in [0.25, 0.3) is 23.2 Å². The van der Waals surface area contributed by atoms with Crippen molar-refractivity contribution in [3.05, 3.63) is 55.6 Å². The molecule has 0 radical (unpaired) electrons. The van der Waals surface area contributed by atoms with Crippen LogP contribution in [0.1, 0.15) is 73.6 Å². The van der Waals surface area contributed by atoms with Gasteiger partial charge in [-0.05, 0) is 50.2 Å². The molecule has 1 fully saturated rings. The second kappa shape index (κ2) is 19.9. The highest BCUT2D eigenvalue weighted by Gasteiger charge is 2.42. The molecular formula is C36H54N4O14Si. The maximum atomic E-state index is 13.8. The summed E-state index contributed by atoms with van der Waals surface area (Å²) in [5, 5.41) is 55.4. The summed E-state index contributed by atoms with van der Waals surface area (Å²) in [4.78, 5) is 50.5. The Balaban J connectivity index is 1.63. The number of carbonyl (C=O) groups is 2. The highest BCUT2D eigenvalue weighted by molar-refractivity contribution is 6.74. The van der Waals surface area contributed by atoms with Crippen LogP contribution in [0.25, 0.3) is 0 Å². The van der Waals surface area contributed by atoms with Gasteiger partial charge >= 0.3 is 0 Å². The van der Waals surface area contributed by atoms with Crippen LogP contribution < -0.4 is 24.3 Å². The molecule has 3 atom stereocenters. The quantitative estimate of drug-likeness (QED) is 0.0599. The molecule has 55 heavy (non-hydrogen) atoms. The minimum Gasteiger partial charge on any atom is -0.493 e. The fourth-order valence-corrected chi connectivity index (χ4v) is 6.69. The number of benzene rings is 2. The first kappa shape index (κ1) is 44.8. The van der Waals surface area contributed by atoms with Gasteiger partial charge in [0.1, 0.15) is 11.1 Å². The fourth-order valence-electron chi connectivity index (χ4n) is 5.65. The molecule has 0 bridgehead atoms. The monoisotopic (exact) mass is 794 g/mol. The molecule has 0 saturated carbocycles. The zero-order valence-corrected chi connectivity index (χ0v) is 33.5. The Morgan fingerprint density at radius 3 is 1.91 bits per heavy atom. The molecule has 306 valence electrons. The number of likely N-dealkylation sites (tertiary alicyclic amines) is 1. The number of nitrogens with zero attached hydrogens (tertiary/aromatic N) is 3. The van der Waals surface area contributed by atoms with Crippen molar-refractivity contribution in [2.45, 2.75) is 89.2 Å². The standard InChI is InChI=1S/C36H54N4O14Si/c1-36(2,3)55(6,7)54-22-24-15-25(43)20-38(24)35(45)27-17-31(51-5)33(19-29(27)40(48)49)53-14-10-8-9-13-52-32-18-28(39(46)47)26(16-30(32)50-4)34(44)37-23(21-42)11-12-41/h16-19,23-25,41-43H,8-15,20-22H2,1-7H3,(H,37,44)/t23-,24-,25+/m0/s1. The Hall–Kier alpha value is -4.56. The second-order valence-electron chi connectivity index (χ2n) is 14.7. The van der Waals surface area contributed by atoms with Gasteiger partial charge in [-0.15, -0.1) is 0 Å². The molecule has 1 aliphatic heterocycles. The topological polar surface area (TPSA) is 243 Å². The number of hydrogen-bond donors (Lipinski definition) is 4. The number of aliphatic hydroxyl groups excluding tert-OH is 3. The lowest BCUT2D eigenvalue weighted by molar-refractivity contribution is -0.385. The van der Waals surface area contributed by atoms with E-state index in [1.165, 1.54) is 31.3 Å². The van der Waals surface area contributed by atoms with Crippen molar-refractivity contribution in [1.29, 1.82) is 0 Å². The van der Waals surface area contributed by atoms with Crippen LogP contribution in [0.15, 0.2) is 24.3 Å². The maximum absolute atomic E-state index is 13.8. The van der Waals surface area contributed by atoms with E-state index in [4.69, 9.17) is 28.5 Å². The molecular weight excluding hydrogens is 740 g/mol. The number of nitro benzene ring substituents is 2. The number of methoxy groups -OCH3 is 2. The molecule has 2 aromatic rings. The Kier molecular flexibility index (Phi) is 16.2. The predicted octanol–water partition coefficient (Wildman–Crippen LogP) is 4.22. The normalized spacial score (nSPS) is 16.4. The van der Waals surface area contributed by atoms with Crippen molar-refractivity contribution in [3.63, 3.8) is 0 Å². The van der Waals surface area contributed by atoms with Gasteiger partial charge in [-0.25, -0.2) is 0 Å². The first-order valence-electron chi connectivity index (χ1n) is 18.0. The largest absolute Gasteiger partial charge is 0.493 e. The number of nitrogens with one attached hydrogen (secondary N) is 1. The van der Waals surface area contributed by atoms with E-state index in [0.29, 0.717) is 19.3 Å². The minimum absolute atomic E-state index is 0.00979. The summed E-state index contributed by atoms with van der Waals surface area (Å²) >= 11 is 0. The van der Waals surface area contributed by atoms with E-state index < -0.39 is 66.1 Å². The number of aliphatic hydroxyl groups is 3. The van der Waals surface area contributed by atoms with E-state index in [0.717, 1.165) is 12.1 Å². The molecule has 0 aliphatic carbocycles. The molecule has 18 nitrogen and oxygen atoms in total. The lowest BCUT2D eigenvalue weighted by Crippen LogP contribution is -2.46. The maximum Gasteiger partial charge on any atom is 0.286 e. The van der Waals surface area contributed by atoms with Crippen LogP contribution in [0.4, 0.5) is 11.4 Å². The Bertz CT molecular complexity index is 1670. The van der Waals surface area contributed by atoms with E-state index >= 15 is 0 Å². The number of hydrogen-bond acceptors (Lipinski definition) is 14. The zero-order chi connectivity index (χ0) is 41.1. The first-order valence-corrected chi connectivity index (χ1v) is 20.9. The van der Waals surface area contributed by atoms with E-state index in [1.54, 1.807) is 0 Å². The Labute approximate surface area is 321 Å². The van der Waals surface area contributed by atoms with Gasteiger partial charge < -0.3 is 48.9 Å². The van der Waals surface area contributed by atoms with E-state index in [1.807, 2.05) is 0 Å². The van der Waals surface area contributed by atoms with Crippen LogP contribution in [0.3, 0.4) is 0 Å². The smallest absolute Gasteiger partial charge is 0.286 e. The number of nitro groups is 2. The summed E-state index contributed by atoms with van der Waals surface area (Å²) in [5.41, 5.74) is -1.50.